The molecule has 2 heterocycles. The number of ether oxygens (including phenoxy) is 4. The Balaban J connectivity index is 1.87. The van der Waals surface area contributed by atoms with E-state index in [1.54, 1.807) is 19.1 Å². The lowest BCUT2D eigenvalue weighted by molar-refractivity contribution is -0.139. The molecule has 28 heavy (non-hydrogen) atoms. The highest BCUT2D eigenvalue weighted by atomic mass is 16.7. The predicted molar refractivity (Wildman–Crippen MR) is 99.3 cm³/mol. The lowest BCUT2D eigenvalue weighted by Gasteiger charge is -2.37. The van der Waals surface area contributed by atoms with Crippen LogP contribution < -0.4 is 15.2 Å². The highest BCUT2D eigenvalue weighted by molar-refractivity contribution is 6.03. The molecule has 1 aliphatic carbocycles. The number of carbonyl (C=O) groups is 2. The maximum Gasteiger partial charge on any atom is 0.340 e. The number of allylic oxidation sites excluding steroid dienone is 2. The standard InChI is InChI=1S/C21H23NO6/c1-4-25-20(24)18-16(11-5-6-13-14(7-11)27-10-26-13)17-12(23)8-21(2,3)9-15(17)28-19(18)22/h5-7,16H,4,8-10,22H2,1-3H3. The smallest absolute Gasteiger partial charge is 0.340 e. The van der Waals surface area contributed by atoms with Crippen LogP contribution in [0.2, 0.25) is 0 Å². The molecule has 0 aromatic heterocycles. The van der Waals surface area contributed by atoms with Crippen LogP contribution in [0.1, 0.15) is 45.1 Å². The fraction of sp³-hybridized carbons (Fsp3) is 0.429. The number of fused-ring (bicyclic) bond motifs is 1. The Bertz CT molecular complexity index is 927. The van der Waals surface area contributed by atoms with Gasteiger partial charge >= 0.3 is 5.97 Å². The molecule has 1 aromatic rings. The number of rotatable bonds is 3. The number of esters is 1. The van der Waals surface area contributed by atoms with E-state index in [-0.39, 0.29) is 36.1 Å². The zero-order valence-corrected chi connectivity index (χ0v) is 16.2. The van der Waals surface area contributed by atoms with E-state index >= 15 is 0 Å². The van der Waals surface area contributed by atoms with E-state index in [4.69, 9.17) is 24.7 Å². The van der Waals surface area contributed by atoms with E-state index < -0.39 is 11.9 Å². The molecule has 1 atom stereocenters. The minimum absolute atomic E-state index is 0.0228. The fourth-order valence-electron chi connectivity index (χ4n) is 4.02. The van der Waals surface area contributed by atoms with Gasteiger partial charge in [0.1, 0.15) is 11.3 Å². The molecule has 148 valence electrons. The zero-order valence-electron chi connectivity index (χ0n) is 16.2. The largest absolute Gasteiger partial charge is 0.462 e. The topological polar surface area (TPSA) is 97.1 Å². The second kappa shape index (κ2) is 6.58. The summed E-state index contributed by atoms with van der Waals surface area (Å²) in [4.78, 5) is 25.8. The Kier molecular flexibility index (Phi) is 4.33. The van der Waals surface area contributed by atoms with Crippen LogP contribution in [0.4, 0.5) is 0 Å². The van der Waals surface area contributed by atoms with Gasteiger partial charge in [0.15, 0.2) is 17.3 Å². The summed E-state index contributed by atoms with van der Waals surface area (Å²) < 4.78 is 21.8. The molecule has 0 spiro atoms. The van der Waals surface area contributed by atoms with Gasteiger partial charge in [-0.25, -0.2) is 4.79 Å². The van der Waals surface area contributed by atoms with Gasteiger partial charge in [-0.1, -0.05) is 19.9 Å². The van der Waals surface area contributed by atoms with E-state index in [9.17, 15) is 9.59 Å². The minimum Gasteiger partial charge on any atom is -0.462 e. The number of hydrogen-bond acceptors (Lipinski definition) is 7. The number of Topliss-reactive ketones (excluding diaryl/α,β-unsaturated/α-hetero) is 1. The molecule has 3 aliphatic rings. The number of benzene rings is 1. The summed E-state index contributed by atoms with van der Waals surface area (Å²) in [7, 11) is 0. The predicted octanol–water partition coefficient (Wildman–Crippen LogP) is 2.91. The van der Waals surface area contributed by atoms with Crippen LogP contribution in [0.3, 0.4) is 0 Å². The number of nitrogens with two attached hydrogens (primary N) is 1. The minimum atomic E-state index is -0.666. The SMILES string of the molecule is CCOC(=O)C1=C(N)OC2=C(C(=O)CC(C)(C)C2)C1c1ccc2c(c1)OCO2. The van der Waals surface area contributed by atoms with Crippen LogP contribution in [0.5, 0.6) is 11.5 Å². The van der Waals surface area contributed by atoms with Gasteiger partial charge in [-0.3, -0.25) is 4.79 Å². The van der Waals surface area contributed by atoms with Crippen molar-refractivity contribution < 1.29 is 28.5 Å². The average molecular weight is 385 g/mol. The molecule has 4 rings (SSSR count). The molecular weight excluding hydrogens is 362 g/mol. The first-order chi connectivity index (χ1) is 13.3. The highest BCUT2D eigenvalue weighted by Crippen LogP contribution is 2.49. The molecule has 1 unspecified atom stereocenters. The summed E-state index contributed by atoms with van der Waals surface area (Å²) in [6.45, 7) is 6.06. The third kappa shape index (κ3) is 3.00. The van der Waals surface area contributed by atoms with E-state index in [1.807, 2.05) is 19.9 Å². The first kappa shape index (κ1) is 18.4. The molecule has 7 nitrogen and oxygen atoms in total. The lowest BCUT2D eigenvalue weighted by Crippen LogP contribution is -2.35. The fourth-order valence-corrected chi connectivity index (χ4v) is 4.02. The summed E-state index contributed by atoms with van der Waals surface area (Å²) in [6.07, 6.45) is 0.929. The Morgan fingerprint density at radius 3 is 2.75 bits per heavy atom. The van der Waals surface area contributed by atoms with Crippen molar-refractivity contribution in [3.05, 3.63) is 46.6 Å². The summed E-state index contributed by atoms with van der Waals surface area (Å²) >= 11 is 0. The van der Waals surface area contributed by atoms with Gasteiger partial charge in [0.2, 0.25) is 12.7 Å². The summed E-state index contributed by atoms with van der Waals surface area (Å²) in [5.41, 5.74) is 7.23. The van der Waals surface area contributed by atoms with Gasteiger partial charge in [0.05, 0.1) is 12.5 Å². The highest BCUT2D eigenvalue weighted by Gasteiger charge is 2.45. The first-order valence-electron chi connectivity index (χ1n) is 9.31. The van der Waals surface area contributed by atoms with Crippen LogP contribution in [-0.4, -0.2) is 25.2 Å². The Morgan fingerprint density at radius 2 is 2.00 bits per heavy atom. The molecule has 0 bridgehead atoms. The maximum atomic E-state index is 13.1. The van der Waals surface area contributed by atoms with Gasteiger partial charge in [0.25, 0.3) is 0 Å². The van der Waals surface area contributed by atoms with Gasteiger partial charge in [-0.05, 0) is 30.0 Å². The number of hydrogen-bond donors (Lipinski definition) is 1. The second-order valence-electron chi connectivity index (χ2n) is 7.92. The molecule has 1 aromatic carbocycles. The zero-order chi connectivity index (χ0) is 20.1. The quantitative estimate of drug-likeness (QED) is 0.799. The normalized spacial score (nSPS) is 22.7. The summed E-state index contributed by atoms with van der Waals surface area (Å²) in [6, 6.07) is 5.36. The third-order valence-corrected chi connectivity index (χ3v) is 5.18. The molecule has 0 fully saturated rings. The van der Waals surface area contributed by atoms with Crippen LogP contribution in [0.25, 0.3) is 0 Å². The van der Waals surface area contributed by atoms with E-state index in [0.717, 1.165) is 0 Å². The van der Waals surface area contributed by atoms with Crippen molar-refractivity contribution in [3.8, 4) is 11.5 Å². The van der Waals surface area contributed by atoms with E-state index in [1.165, 1.54) is 0 Å². The monoisotopic (exact) mass is 385 g/mol. The van der Waals surface area contributed by atoms with Gasteiger partial charge in [0, 0.05) is 18.4 Å². The van der Waals surface area contributed by atoms with Crippen molar-refractivity contribution in [1.82, 2.24) is 0 Å². The average Bonchev–Trinajstić information content (AvgIpc) is 3.07. The second-order valence-corrected chi connectivity index (χ2v) is 7.92. The van der Waals surface area contributed by atoms with Crippen molar-refractivity contribution in [1.29, 1.82) is 0 Å². The molecular formula is C21H23NO6. The van der Waals surface area contributed by atoms with Crippen molar-refractivity contribution in [2.75, 3.05) is 13.4 Å². The summed E-state index contributed by atoms with van der Waals surface area (Å²) in [5, 5.41) is 0. The molecule has 0 amide bonds. The Morgan fingerprint density at radius 1 is 1.25 bits per heavy atom. The first-order valence-corrected chi connectivity index (χ1v) is 9.31. The number of ketones is 1. The molecule has 2 N–H and O–H groups in total. The van der Waals surface area contributed by atoms with Crippen molar-refractivity contribution in [2.45, 2.75) is 39.5 Å². The van der Waals surface area contributed by atoms with Crippen LogP contribution in [0, 0.1) is 5.41 Å². The summed E-state index contributed by atoms with van der Waals surface area (Å²) in [5.74, 6) is 0.378. The third-order valence-electron chi connectivity index (χ3n) is 5.18. The maximum absolute atomic E-state index is 13.1. The lowest BCUT2D eigenvalue weighted by atomic mass is 9.70. The van der Waals surface area contributed by atoms with Gasteiger partial charge in [-0.15, -0.1) is 0 Å². The van der Waals surface area contributed by atoms with Crippen LogP contribution in [0.15, 0.2) is 41.0 Å². The molecule has 2 aliphatic heterocycles. The molecule has 0 saturated heterocycles. The van der Waals surface area contributed by atoms with E-state index in [0.29, 0.717) is 41.2 Å². The Hall–Kier alpha value is -2.96. The molecule has 0 saturated carbocycles. The van der Waals surface area contributed by atoms with Gasteiger partial charge in [-0.2, -0.15) is 0 Å². The van der Waals surface area contributed by atoms with Crippen molar-refractivity contribution >= 4 is 11.8 Å². The van der Waals surface area contributed by atoms with Crippen LogP contribution >= 0.6 is 0 Å². The van der Waals surface area contributed by atoms with Crippen LogP contribution in [-0.2, 0) is 19.1 Å². The Labute approximate surface area is 163 Å². The molecule has 7 heteroatoms. The number of carbonyl (C=O) groups excluding carboxylic acids is 2. The molecule has 0 radical (unpaired) electrons. The van der Waals surface area contributed by atoms with Crippen molar-refractivity contribution in [3.63, 3.8) is 0 Å². The van der Waals surface area contributed by atoms with Crippen molar-refractivity contribution in [2.24, 2.45) is 11.1 Å². The van der Waals surface area contributed by atoms with E-state index in [2.05, 4.69) is 0 Å². The van der Waals surface area contributed by atoms with Gasteiger partial charge < -0.3 is 24.7 Å².